The van der Waals surface area contributed by atoms with Gasteiger partial charge in [0.1, 0.15) is 0 Å². The lowest BCUT2D eigenvalue weighted by molar-refractivity contribution is 0.0370. The number of rotatable bonds is 2. The molecule has 1 aromatic rings. The summed E-state index contributed by atoms with van der Waals surface area (Å²) in [5, 5.41) is 4.02. The minimum absolute atomic E-state index is 0.0183. The van der Waals surface area contributed by atoms with Gasteiger partial charge < -0.3 is 0 Å². The predicted molar refractivity (Wildman–Crippen MR) is 79.1 cm³/mol. The molecule has 5 heteroatoms. The van der Waals surface area contributed by atoms with Crippen molar-refractivity contribution >= 4 is 39.8 Å². The minimum Gasteiger partial charge on any atom is -0.284 e. The highest BCUT2D eigenvalue weighted by Gasteiger charge is 2.26. The van der Waals surface area contributed by atoms with E-state index in [1.54, 1.807) is 11.3 Å². The van der Waals surface area contributed by atoms with Crippen LogP contribution in [0.4, 0.5) is 0 Å². The molecule has 2 rings (SSSR count). The minimum atomic E-state index is 0.0183. The average Bonchev–Trinajstić information content (AvgIpc) is 2.70. The molecule has 1 saturated heterocycles. The van der Waals surface area contributed by atoms with Crippen LogP contribution in [0.25, 0.3) is 0 Å². The van der Waals surface area contributed by atoms with E-state index < -0.39 is 0 Å². The van der Waals surface area contributed by atoms with Gasteiger partial charge in [0.25, 0.3) is 5.91 Å². The van der Waals surface area contributed by atoms with Gasteiger partial charge >= 0.3 is 0 Å². The standard InChI is InChI=1S/C12H17IN2OS/c1-8-4-3-5-9(2)15(8)14-12(16)10-6-11(13)17-7-10/h6-9H,3-5H2,1-2H3,(H,14,16). The van der Waals surface area contributed by atoms with Gasteiger partial charge in [-0.05, 0) is 55.3 Å². The van der Waals surface area contributed by atoms with Crippen LogP contribution in [0.15, 0.2) is 11.4 Å². The van der Waals surface area contributed by atoms with E-state index in [9.17, 15) is 4.79 Å². The summed E-state index contributed by atoms with van der Waals surface area (Å²) in [4.78, 5) is 12.1. The summed E-state index contributed by atoms with van der Waals surface area (Å²) in [5.41, 5.74) is 3.81. The number of thiophene rings is 1. The Morgan fingerprint density at radius 3 is 2.65 bits per heavy atom. The van der Waals surface area contributed by atoms with E-state index in [1.807, 2.05) is 11.4 Å². The maximum Gasteiger partial charge on any atom is 0.266 e. The summed E-state index contributed by atoms with van der Waals surface area (Å²) >= 11 is 3.84. The largest absolute Gasteiger partial charge is 0.284 e. The third-order valence-corrected chi connectivity index (χ3v) is 5.04. The number of nitrogens with one attached hydrogen (secondary N) is 1. The van der Waals surface area contributed by atoms with Crippen LogP contribution < -0.4 is 5.43 Å². The number of halogens is 1. The normalized spacial score (nSPS) is 25.8. The van der Waals surface area contributed by atoms with E-state index in [0.29, 0.717) is 12.1 Å². The number of hydrogen-bond donors (Lipinski definition) is 1. The SMILES string of the molecule is CC1CCCC(C)N1NC(=O)c1csc(I)c1. The molecule has 1 amide bonds. The lowest BCUT2D eigenvalue weighted by Crippen LogP contribution is -2.54. The number of hydrogen-bond acceptors (Lipinski definition) is 3. The smallest absolute Gasteiger partial charge is 0.266 e. The van der Waals surface area contributed by atoms with Crippen LogP contribution in [-0.2, 0) is 0 Å². The average molecular weight is 364 g/mol. The van der Waals surface area contributed by atoms with E-state index in [2.05, 4.69) is 46.9 Å². The molecule has 1 aromatic heterocycles. The Balaban J connectivity index is 2.02. The van der Waals surface area contributed by atoms with Gasteiger partial charge in [0.2, 0.25) is 0 Å². The van der Waals surface area contributed by atoms with Crippen LogP contribution in [0.2, 0.25) is 0 Å². The van der Waals surface area contributed by atoms with Crippen LogP contribution in [0.3, 0.4) is 0 Å². The molecule has 1 fully saturated rings. The molecule has 0 aromatic carbocycles. The van der Waals surface area contributed by atoms with E-state index >= 15 is 0 Å². The van der Waals surface area contributed by atoms with Crippen molar-refractivity contribution < 1.29 is 4.79 Å². The topological polar surface area (TPSA) is 32.3 Å². The van der Waals surface area contributed by atoms with Gasteiger partial charge in [0.15, 0.2) is 0 Å². The lowest BCUT2D eigenvalue weighted by Gasteiger charge is -2.38. The van der Waals surface area contributed by atoms with Crippen LogP contribution in [0.5, 0.6) is 0 Å². The molecule has 0 bridgehead atoms. The first-order valence-corrected chi connectivity index (χ1v) is 7.87. The van der Waals surface area contributed by atoms with Gasteiger partial charge in [-0.25, -0.2) is 5.01 Å². The van der Waals surface area contributed by atoms with Crippen LogP contribution in [0, 0.1) is 2.88 Å². The van der Waals surface area contributed by atoms with E-state index in [0.717, 1.165) is 21.3 Å². The predicted octanol–water partition coefficient (Wildman–Crippen LogP) is 3.26. The van der Waals surface area contributed by atoms with Gasteiger partial charge in [-0.3, -0.25) is 10.2 Å². The number of amides is 1. The number of nitrogens with zero attached hydrogens (tertiary/aromatic N) is 1. The first-order valence-electron chi connectivity index (χ1n) is 5.91. The zero-order valence-electron chi connectivity index (χ0n) is 10.1. The number of carbonyl (C=O) groups excluding carboxylic acids is 1. The van der Waals surface area contributed by atoms with Gasteiger partial charge in [0, 0.05) is 17.5 Å². The summed E-state index contributed by atoms with van der Waals surface area (Å²) in [7, 11) is 0. The zero-order valence-corrected chi connectivity index (χ0v) is 13.0. The summed E-state index contributed by atoms with van der Waals surface area (Å²) < 4.78 is 1.15. The Morgan fingerprint density at radius 2 is 2.12 bits per heavy atom. The maximum absolute atomic E-state index is 12.1. The second-order valence-corrected chi connectivity index (χ2v) is 7.42. The Labute approximate surface area is 120 Å². The molecule has 0 aliphatic carbocycles. The fourth-order valence-electron chi connectivity index (χ4n) is 2.25. The van der Waals surface area contributed by atoms with Gasteiger partial charge in [-0.1, -0.05) is 6.42 Å². The van der Waals surface area contributed by atoms with Crippen LogP contribution >= 0.6 is 33.9 Å². The van der Waals surface area contributed by atoms with Crippen molar-refractivity contribution in [1.82, 2.24) is 10.4 Å². The second-order valence-electron chi connectivity index (χ2n) is 4.62. The first-order chi connectivity index (χ1) is 8.08. The van der Waals surface area contributed by atoms with Crippen molar-refractivity contribution in [3.05, 3.63) is 19.9 Å². The molecule has 2 atom stereocenters. The quantitative estimate of drug-likeness (QED) is 0.817. The highest BCUT2D eigenvalue weighted by Crippen LogP contribution is 2.21. The molecule has 2 unspecified atom stereocenters. The maximum atomic E-state index is 12.1. The molecule has 1 aliphatic heterocycles. The van der Waals surface area contributed by atoms with E-state index in [-0.39, 0.29) is 5.91 Å². The van der Waals surface area contributed by atoms with Crippen LogP contribution in [-0.4, -0.2) is 23.0 Å². The fourth-order valence-corrected chi connectivity index (χ4v) is 3.58. The number of hydrazine groups is 1. The lowest BCUT2D eigenvalue weighted by atomic mass is 10.00. The molecule has 2 heterocycles. The van der Waals surface area contributed by atoms with E-state index in [4.69, 9.17) is 0 Å². The molecular formula is C12H17IN2OS. The van der Waals surface area contributed by atoms with Crippen molar-refractivity contribution in [3.63, 3.8) is 0 Å². The molecule has 17 heavy (non-hydrogen) atoms. The van der Waals surface area contributed by atoms with Crippen molar-refractivity contribution in [3.8, 4) is 0 Å². The van der Waals surface area contributed by atoms with Crippen molar-refractivity contribution in [1.29, 1.82) is 0 Å². The van der Waals surface area contributed by atoms with E-state index in [1.165, 1.54) is 6.42 Å². The van der Waals surface area contributed by atoms with Gasteiger partial charge in [-0.2, -0.15) is 0 Å². The molecule has 0 saturated carbocycles. The van der Waals surface area contributed by atoms with Crippen molar-refractivity contribution in [2.24, 2.45) is 0 Å². The van der Waals surface area contributed by atoms with Gasteiger partial charge in [-0.15, -0.1) is 11.3 Å². The molecule has 0 spiro atoms. The van der Waals surface area contributed by atoms with Gasteiger partial charge in [0.05, 0.1) is 8.45 Å². The highest BCUT2D eigenvalue weighted by atomic mass is 127. The molecular weight excluding hydrogens is 347 g/mol. The highest BCUT2D eigenvalue weighted by molar-refractivity contribution is 14.1. The zero-order chi connectivity index (χ0) is 12.4. The number of piperidine rings is 1. The summed E-state index contributed by atoms with van der Waals surface area (Å²) in [6.45, 7) is 4.35. The Morgan fingerprint density at radius 1 is 1.47 bits per heavy atom. The molecule has 3 nitrogen and oxygen atoms in total. The third-order valence-electron chi connectivity index (χ3n) is 3.25. The van der Waals surface area contributed by atoms with Crippen molar-refractivity contribution in [2.75, 3.05) is 0 Å². The Kier molecular flexibility index (Phi) is 4.43. The molecule has 1 N–H and O–H groups in total. The molecule has 94 valence electrons. The molecule has 0 radical (unpaired) electrons. The fraction of sp³-hybridized carbons (Fsp3) is 0.583. The second kappa shape index (κ2) is 5.67. The molecule has 1 aliphatic rings. The summed E-state index contributed by atoms with van der Waals surface area (Å²) in [5.74, 6) is 0.0183. The Hall–Kier alpha value is -0.140. The first kappa shape index (κ1) is 13.3. The number of carbonyl (C=O) groups is 1. The third kappa shape index (κ3) is 3.20. The van der Waals surface area contributed by atoms with Crippen molar-refractivity contribution in [2.45, 2.75) is 45.2 Å². The summed E-state index contributed by atoms with van der Waals surface area (Å²) in [6, 6.07) is 2.79. The van der Waals surface area contributed by atoms with Crippen LogP contribution in [0.1, 0.15) is 43.5 Å². The summed E-state index contributed by atoms with van der Waals surface area (Å²) in [6.07, 6.45) is 3.57. The monoisotopic (exact) mass is 364 g/mol. The Bertz CT molecular complexity index is 397.